The summed E-state index contributed by atoms with van der Waals surface area (Å²) in [5.41, 5.74) is -1.17. The molecule has 3 nitrogen and oxygen atoms in total. The van der Waals surface area contributed by atoms with Crippen molar-refractivity contribution in [2.45, 2.75) is 31.5 Å². The van der Waals surface area contributed by atoms with Crippen LogP contribution < -0.4 is 0 Å². The molecule has 0 radical (unpaired) electrons. The largest absolute Gasteiger partial charge is 0.368 e. The van der Waals surface area contributed by atoms with Crippen molar-refractivity contribution < 1.29 is 13.9 Å². The average molecular weight is 187 g/mol. The first-order chi connectivity index (χ1) is 6.08. The highest BCUT2D eigenvalue weighted by molar-refractivity contribution is 5.82. The second-order valence-corrected chi connectivity index (χ2v) is 4.11. The smallest absolute Gasteiger partial charge is 0.251 e. The minimum absolute atomic E-state index is 0.0346. The number of ether oxygens (including phenoxy) is 1. The summed E-state index contributed by atoms with van der Waals surface area (Å²) in [6.07, 6.45) is 1.44. The van der Waals surface area contributed by atoms with E-state index in [-0.39, 0.29) is 25.1 Å². The lowest BCUT2D eigenvalue weighted by Gasteiger charge is -2.43. The summed E-state index contributed by atoms with van der Waals surface area (Å²) in [5, 5.41) is 0. The molecule has 0 spiro atoms. The van der Waals surface area contributed by atoms with Crippen molar-refractivity contribution in [1.29, 1.82) is 0 Å². The molecule has 2 aliphatic rings. The van der Waals surface area contributed by atoms with Gasteiger partial charge in [0.1, 0.15) is 11.8 Å². The normalized spacial score (nSPS) is 31.5. The minimum atomic E-state index is -1.17. The van der Waals surface area contributed by atoms with E-state index in [4.69, 9.17) is 4.74 Å². The molecule has 0 unspecified atom stereocenters. The van der Waals surface area contributed by atoms with Gasteiger partial charge in [0, 0.05) is 6.61 Å². The van der Waals surface area contributed by atoms with Gasteiger partial charge in [-0.05, 0) is 19.8 Å². The Hall–Kier alpha value is -0.640. The topological polar surface area (TPSA) is 29.5 Å². The molecular formula is C9H14FNO2. The van der Waals surface area contributed by atoms with E-state index in [0.29, 0.717) is 6.61 Å². The Morgan fingerprint density at radius 2 is 2.31 bits per heavy atom. The second kappa shape index (κ2) is 2.94. The van der Waals surface area contributed by atoms with Gasteiger partial charge >= 0.3 is 0 Å². The second-order valence-electron chi connectivity index (χ2n) is 4.11. The Morgan fingerprint density at radius 1 is 1.62 bits per heavy atom. The Labute approximate surface area is 76.8 Å². The lowest BCUT2D eigenvalue weighted by atomic mass is 9.98. The quantitative estimate of drug-likeness (QED) is 0.606. The number of hydrogen-bond donors (Lipinski definition) is 0. The zero-order chi connectivity index (χ0) is 9.47. The van der Waals surface area contributed by atoms with Crippen molar-refractivity contribution in [2.24, 2.45) is 0 Å². The van der Waals surface area contributed by atoms with Gasteiger partial charge in [-0.15, -0.1) is 0 Å². The molecule has 4 heteroatoms. The number of likely N-dealkylation sites (tertiary alicyclic amines) is 1. The first-order valence-corrected chi connectivity index (χ1v) is 4.68. The summed E-state index contributed by atoms with van der Waals surface area (Å²) in [6, 6.07) is 0. The molecule has 13 heavy (non-hydrogen) atoms. The van der Waals surface area contributed by atoms with E-state index in [1.807, 2.05) is 0 Å². The minimum Gasteiger partial charge on any atom is -0.368 e. The van der Waals surface area contributed by atoms with Crippen molar-refractivity contribution in [1.82, 2.24) is 4.90 Å². The Morgan fingerprint density at radius 3 is 2.77 bits per heavy atom. The van der Waals surface area contributed by atoms with Crippen molar-refractivity contribution in [2.75, 3.05) is 19.7 Å². The molecule has 0 aromatic heterocycles. The number of rotatable bonds is 1. The molecule has 1 amide bonds. The fourth-order valence-electron chi connectivity index (χ4n) is 1.88. The predicted octanol–water partition coefficient (Wildman–Crippen LogP) is 0.736. The molecule has 0 bridgehead atoms. The molecular weight excluding hydrogens is 173 g/mol. The third kappa shape index (κ3) is 1.68. The summed E-state index contributed by atoms with van der Waals surface area (Å²) >= 11 is 0. The summed E-state index contributed by atoms with van der Waals surface area (Å²) < 4.78 is 18.3. The van der Waals surface area contributed by atoms with Crippen LogP contribution in [-0.4, -0.2) is 42.3 Å². The van der Waals surface area contributed by atoms with E-state index in [1.165, 1.54) is 11.8 Å². The molecule has 2 aliphatic heterocycles. The number of amides is 1. The number of nitrogens with zero attached hydrogens (tertiary/aromatic N) is 1. The van der Waals surface area contributed by atoms with Crippen LogP contribution >= 0.6 is 0 Å². The first-order valence-electron chi connectivity index (χ1n) is 4.68. The highest BCUT2D eigenvalue weighted by Gasteiger charge is 2.44. The fourth-order valence-corrected chi connectivity index (χ4v) is 1.88. The van der Waals surface area contributed by atoms with E-state index < -0.39 is 5.67 Å². The van der Waals surface area contributed by atoms with Gasteiger partial charge in [0.15, 0.2) is 0 Å². The highest BCUT2D eigenvalue weighted by Crippen LogP contribution is 2.27. The van der Waals surface area contributed by atoms with Crippen LogP contribution in [0.4, 0.5) is 4.39 Å². The van der Waals surface area contributed by atoms with Crippen LogP contribution in [0.5, 0.6) is 0 Å². The van der Waals surface area contributed by atoms with E-state index in [0.717, 1.165) is 12.8 Å². The third-order valence-corrected chi connectivity index (χ3v) is 2.56. The zero-order valence-electron chi connectivity index (χ0n) is 7.75. The SMILES string of the molecule is CC1(F)CN(C(=O)[C@@H]2CCCO2)C1. The number of hydrogen-bond acceptors (Lipinski definition) is 2. The van der Waals surface area contributed by atoms with Crippen LogP contribution in [0.3, 0.4) is 0 Å². The van der Waals surface area contributed by atoms with Crippen LogP contribution in [0.25, 0.3) is 0 Å². The molecule has 0 saturated carbocycles. The molecule has 0 aliphatic carbocycles. The molecule has 74 valence electrons. The van der Waals surface area contributed by atoms with Gasteiger partial charge in [-0.25, -0.2) is 4.39 Å². The molecule has 0 N–H and O–H groups in total. The van der Waals surface area contributed by atoms with Crippen LogP contribution in [0, 0.1) is 0 Å². The van der Waals surface area contributed by atoms with E-state index >= 15 is 0 Å². The fraction of sp³-hybridized carbons (Fsp3) is 0.889. The molecule has 2 rings (SSSR count). The van der Waals surface area contributed by atoms with Crippen LogP contribution in [0.1, 0.15) is 19.8 Å². The Bertz CT molecular complexity index is 216. The Balaban J connectivity index is 1.85. The highest BCUT2D eigenvalue weighted by atomic mass is 19.1. The molecule has 2 saturated heterocycles. The number of carbonyl (C=O) groups is 1. The molecule has 0 aromatic carbocycles. The molecule has 2 fully saturated rings. The number of carbonyl (C=O) groups excluding carboxylic acids is 1. The van der Waals surface area contributed by atoms with Crippen LogP contribution in [0.2, 0.25) is 0 Å². The summed E-state index contributed by atoms with van der Waals surface area (Å²) in [6.45, 7) is 2.64. The third-order valence-electron chi connectivity index (χ3n) is 2.56. The number of alkyl halides is 1. The van der Waals surface area contributed by atoms with Crippen molar-refractivity contribution >= 4 is 5.91 Å². The standard InChI is InChI=1S/C9H14FNO2/c1-9(10)5-11(6-9)8(12)7-3-2-4-13-7/h7H,2-6H2,1H3/t7-/m0/s1. The van der Waals surface area contributed by atoms with Gasteiger partial charge in [-0.1, -0.05) is 0 Å². The number of halogens is 1. The van der Waals surface area contributed by atoms with Gasteiger partial charge in [-0.3, -0.25) is 4.79 Å². The van der Waals surface area contributed by atoms with Crippen molar-refractivity contribution in [3.8, 4) is 0 Å². The molecule has 0 aromatic rings. The van der Waals surface area contributed by atoms with E-state index in [9.17, 15) is 9.18 Å². The lowest BCUT2D eigenvalue weighted by Crippen LogP contribution is -2.61. The maximum absolute atomic E-state index is 13.1. The van der Waals surface area contributed by atoms with Gasteiger partial charge < -0.3 is 9.64 Å². The summed E-state index contributed by atoms with van der Waals surface area (Å²) in [7, 11) is 0. The van der Waals surface area contributed by atoms with Crippen LogP contribution in [0.15, 0.2) is 0 Å². The summed E-state index contributed by atoms with van der Waals surface area (Å²) in [5.74, 6) is -0.0346. The van der Waals surface area contributed by atoms with Crippen molar-refractivity contribution in [3.63, 3.8) is 0 Å². The predicted molar refractivity (Wildman–Crippen MR) is 45.1 cm³/mol. The monoisotopic (exact) mass is 187 g/mol. The van der Waals surface area contributed by atoms with E-state index in [1.54, 1.807) is 0 Å². The molecule has 2 heterocycles. The van der Waals surface area contributed by atoms with Crippen LogP contribution in [-0.2, 0) is 9.53 Å². The summed E-state index contributed by atoms with van der Waals surface area (Å²) in [4.78, 5) is 13.1. The van der Waals surface area contributed by atoms with Gasteiger partial charge in [0.05, 0.1) is 13.1 Å². The molecule has 1 atom stereocenters. The van der Waals surface area contributed by atoms with Gasteiger partial charge in [0.2, 0.25) is 0 Å². The first kappa shape index (κ1) is 8.94. The maximum Gasteiger partial charge on any atom is 0.251 e. The average Bonchev–Trinajstić information content (AvgIpc) is 2.50. The lowest BCUT2D eigenvalue weighted by molar-refractivity contribution is -0.153. The van der Waals surface area contributed by atoms with Gasteiger partial charge in [-0.2, -0.15) is 0 Å². The van der Waals surface area contributed by atoms with Crippen molar-refractivity contribution in [3.05, 3.63) is 0 Å². The zero-order valence-corrected chi connectivity index (χ0v) is 7.75. The maximum atomic E-state index is 13.1. The Kier molecular flexibility index (Phi) is 2.02. The van der Waals surface area contributed by atoms with E-state index in [2.05, 4.69) is 0 Å². The van der Waals surface area contributed by atoms with Gasteiger partial charge in [0.25, 0.3) is 5.91 Å².